The van der Waals surface area contributed by atoms with E-state index in [0.29, 0.717) is 18.2 Å². The second-order valence-corrected chi connectivity index (χ2v) is 4.98. The molecule has 0 saturated heterocycles. The molecule has 4 nitrogen and oxygen atoms in total. The minimum Gasteiger partial charge on any atom is -0.507 e. The van der Waals surface area contributed by atoms with Crippen LogP contribution in [0, 0.1) is 0 Å². The predicted molar refractivity (Wildman–Crippen MR) is 81.4 cm³/mol. The second kappa shape index (κ2) is 7.11. The number of ether oxygens (including phenoxy) is 1. The van der Waals surface area contributed by atoms with Crippen LogP contribution in [-0.4, -0.2) is 18.1 Å². The van der Waals surface area contributed by atoms with Crippen LogP contribution < -0.4 is 5.32 Å². The molecule has 0 spiro atoms. The molecule has 5 heteroatoms. The monoisotopic (exact) mass is 305 g/mol. The van der Waals surface area contributed by atoms with E-state index in [4.69, 9.17) is 16.3 Å². The van der Waals surface area contributed by atoms with Gasteiger partial charge in [-0.2, -0.15) is 0 Å². The molecule has 0 saturated carbocycles. The van der Waals surface area contributed by atoms with Crippen molar-refractivity contribution >= 4 is 17.5 Å². The van der Waals surface area contributed by atoms with Crippen molar-refractivity contribution in [2.75, 3.05) is 7.11 Å². The van der Waals surface area contributed by atoms with Gasteiger partial charge in [-0.05, 0) is 29.3 Å². The third kappa shape index (κ3) is 3.97. The van der Waals surface area contributed by atoms with Gasteiger partial charge in [0.05, 0.1) is 12.2 Å². The van der Waals surface area contributed by atoms with Crippen LogP contribution in [0.15, 0.2) is 42.5 Å². The van der Waals surface area contributed by atoms with Crippen LogP contribution in [0.3, 0.4) is 0 Å². The average Bonchev–Trinajstić information content (AvgIpc) is 2.49. The maximum absolute atomic E-state index is 12.1. The summed E-state index contributed by atoms with van der Waals surface area (Å²) < 4.78 is 5.12. The first-order chi connectivity index (χ1) is 10.1. The van der Waals surface area contributed by atoms with Crippen LogP contribution in [0.5, 0.6) is 5.75 Å². The van der Waals surface area contributed by atoms with Crippen molar-refractivity contribution in [3.8, 4) is 5.75 Å². The fourth-order valence-corrected chi connectivity index (χ4v) is 2.16. The summed E-state index contributed by atoms with van der Waals surface area (Å²) in [6.07, 6.45) is 0. The number of hydrogen-bond acceptors (Lipinski definition) is 3. The zero-order valence-electron chi connectivity index (χ0n) is 11.6. The lowest BCUT2D eigenvalue weighted by atomic mass is 10.1. The number of amides is 1. The number of phenolic OH excluding ortho intramolecular Hbond substituents is 1. The Labute approximate surface area is 128 Å². The summed E-state index contributed by atoms with van der Waals surface area (Å²) in [7, 11) is 1.62. The van der Waals surface area contributed by atoms with Crippen molar-refractivity contribution in [1.29, 1.82) is 0 Å². The van der Waals surface area contributed by atoms with E-state index in [0.717, 1.165) is 11.1 Å². The number of carbonyl (C=O) groups is 1. The molecule has 2 aromatic rings. The summed E-state index contributed by atoms with van der Waals surface area (Å²) in [5, 5.41) is 12.9. The molecule has 0 heterocycles. The molecule has 1 amide bonds. The molecule has 21 heavy (non-hydrogen) atoms. The van der Waals surface area contributed by atoms with E-state index in [2.05, 4.69) is 5.32 Å². The standard InChI is InChI=1S/C16H16ClNO3/c1-21-10-12-5-3-2-4-11(12)9-18-16(20)14-8-13(17)6-7-15(14)19/h2-8,19H,9-10H2,1H3,(H,18,20). The van der Waals surface area contributed by atoms with Crippen molar-refractivity contribution in [1.82, 2.24) is 5.32 Å². The number of halogens is 1. The minimum absolute atomic E-state index is 0.0953. The zero-order chi connectivity index (χ0) is 15.2. The van der Waals surface area contributed by atoms with Crippen LogP contribution in [0.2, 0.25) is 5.02 Å². The highest BCUT2D eigenvalue weighted by atomic mass is 35.5. The van der Waals surface area contributed by atoms with Crippen LogP contribution in [0.1, 0.15) is 21.5 Å². The number of rotatable bonds is 5. The summed E-state index contributed by atoms with van der Waals surface area (Å²) in [6, 6.07) is 12.1. The first-order valence-electron chi connectivity index (χ1n) is 6.44. The van der Waals surface area contributed by atoms with Gasteiger partial charge in [-0.1, -0.05) is 35.9 Å². The highest BCUT2D eigenvalue weighted by molar-refractivity contribution is 6.31. The minimum atomic E-state index is -0.373. The van der Waals surface area contributed by atoms with Gasteiger partial charge in [-0.15, -0.1) is 0 Å². The van der Waals surface area contributed by atoms with Gasteiger partial charge in [0.2, 0.25) is 0 Å². The van der Waals surface area contributed by atoms with E-state index in [1.54, 1.807) is 7.11 Å². The van der Waals surface area contributed by atoms with E-state index in [1.807, 2.05) is 24.3 Å². The number of phenols is 1. The van der Waals surface area contributed by atoms with Gasteiger partial charge in [-0.25, -0.2) is 0 Å². The summed E-state index contributed by atoms with van der Waals surface area (Å²) >= 11 is 5.84. The molecule has 0 aliphatic rings. The summed E-state index contributed by atoms with van der Waals surface area (Å²) in [5.41, 5.74) is 2.14. The predicted octanol–water partition coefficient (Wildman–Crippen LogP) is 3.12. The highest BCUT2D eigenvalue weighted by Crippen LogP contribution is 2.21. The second-order valence-electron chi connectivity index (χ2n) is 4.55. The van der Waals surface area contributed by atoms with Crippen molar-refractivity contribution in [2.24, 2.45) is 0 Å². The normalized spacial score (nSPS) is 10.4. The molecule has 0 bridgehead atoms. The highest BCUT2D eigenvalue weighted by Gasteiger charge is 2.12. The van der Waals surface area contributed by atoms with Crippen LogP contribution in [0.4, 0.5) is 0 Å². The molecular formula is C16H16ClNO3. The molecule has 0 aliphatic heterocycles. The molecule has 110 valence electrons. The molecule has 2 aromatic carbocycles. The van der Waals surface area contributed by atoms with Gasteiger partial charge in [0.1, 0.15) is 5.75 Å². The first kappa shape index (κ1) is 15.4. The molecule has 0 fully saturated rings. The van der Waals surface area contributed by atoms with Crippen molar-refractivity contribution in [2.45, 2.75) is 13.2 Å². The maximum atomic E-state index is 12.1. The molecule has 2 N–H and O–H groups in total. The van der Waals surface area contributed by atoms with E-state index in [1.165, 1.54) is 18.2 Å². The van der Waals surface area contributed by atoms with Gasteiger partial charge in [0.25, 0.3) is 5.91 Å². The van der Waals surface area contributed by atoms with E-state index < -0.39 is 0 Å². The Bertz CT molecular complexity index is 643. The Morgan fingerprint density at radius 1 is 1.24 bits per heavy atom. The van der Waals surface area contributed by atoms with Crippen LogP contribution in [-0.2, 0) is 17.9 Å². The summed E-state index contributed by atoms with van der Waals surface area (Å²) in [4.78, 5) is 12.1. The number of nitrogens with one attached hydrogen (secondary N) is 1. The molecule has 0 unspecified atom stereocenters. The van der Waals surface area contributed by atoms with Crippen LogP contribution >= 0.6 is 11.6 Å². The number of hydrogen-bond donors (Lipinski definition) is 2. The molecule has 0 radical (unpaired) electrons. The SMILES string of the molecule is COCc1ccccc1CNC(=O)c1cc(Cl)ccc1O. The van der Waals surface area contributed by atoms with E-state index in [9.17, 15) is 9.90 Å². The van der Waals surface area contributed by atoms with Crippen molar-refractivity contribution in [3.63, 3.8) is 0 Å². The Balaban J connectivity index is 2.09. The van der Waals surface area contributed by atoms with Gasteiger partial charge in [-0.3, -0.25) is 4.79 Å². The van der Waals surface area contributed by atoms with Crippen molar-refractivity contribution in [3.05, 3.63) is 64.2 Å². The number of benzene rings is 2. The first-order valence-corrected chi connectivity index (χ1v) is 6.82. The Morgan fingerprint density at radius 2 is 1.95 bits per heavy atom. The fourth-order valence-electron chi connectivity index (χ4n) is 1.99. The summed E-state index contributed by atoms with van der Waals surface area (Å²) in [6.45, 7) is 0.832. The topological polar surface area (TPSA) is 58.6 Å². The average molecular weight is 306 g/mol. The largest absolute Gasteiger partial charge is 0.507 e. The number of methoxy groups -OCH3 is 1. The molecule has 2 rings (SSSR count). The molecule has 0 aliphatic carbocycles. The lowest BCUT2D eigenvalue weighted by Gasteiger charge is -2.11. The smallest absolute Gasteiger partial charge is 0.255 e. The van der Waals surface area contributed by atoms with E-state index in [-0.39, 0.29) is 17.2 Å². The fraction of sp³-hybridized carbons (Fsp3) is 0.188. The van der Waals surface area contributed by atoms with Gasteiger partial charge in [0.15, 0.2) is 0 Å². The van der Waals surface area contributed by atoms with Crippen molar-refractivity contribution < 1.29 is 14.6 Å². The third-order valence-corrected chi connectivity index (χ3v) is 3.30. The third-order valence-electron chi connectivity index (χ3n) is 3.06. The Hall–Kier alpha value is -2.04. The lowest BCUT2D eigenvalue weighted by Crippen LogP contribution is -2.23. The molecule has 0 aromatic heterocycles. The number of carbonyl (C=O) groups excluding carboxylic acids is 1. The lowest BCUT2D eigenvalue weighted by molar-refractivity contribution is 0.0947. The van der Waals surface area contributed by atoms with Gasteiger partial charge < -0.3 is 15.2 Å². The maximum Gasteiger partial charge on any atom is 0.255 e. The van der Waals surface area contributed by atoms with E-state index >= 15 is 0 Å². The molecule has 0 atom stereocenters. The van der Waals surface area contributed by atoms with Gasteiger partial charge >= 0.3 is 0 Å². The quantitative estimate of drug-likeness (QED) is 0.892. The van der Waals surface area contributed by atoms with Crippen LogP contribution in [0.25, 0.3) is 0 Å². The zero-order valence-corrected chi connectivity index (χ0v) is 12.4. The van der Waals surface area contributed by atoms with Gasteiger partial charge in [0, 0.05) is 18.7 Å². The Morgan fingerprint density at radius 3 is 2.67 bits per heavy atom. The summed E-state index contributed by atoms with van der Waals surface area (Å²) in [5.74, 6) is -0.468. The molecular weight excluding hydrogens is 290 g/mol. The number of aromatic hydroxyl groups is 1. The Kier molecular flexibility index (Phi) is 5.20.